The minimum Gasteiger partial charge on any atom is -0.476 e. The molecule has 0 aromatic heterocycles. The van der Waals surface area contributed by atoms with Crippen LogP contribution < -0.4 is 0 Å². The molecule has 4 saturated carbocycles. The van der Waals surface area contributed by atoms with Crippen LogP contribution in [-0.2, 0) is 9.47 Å². The number of ether oxygens (including phenoxy) is 2. The van der Waals surface area contributed by atoms with Crippen LogP contribution in [-0.4, -0.2) is 12.4 Å². The summed E-state index contributed by atoms with van der Waals surface area (Å²) in [5.41, 5.74) is 1.17. The predicted octanol–water partition coefficient (Wildman–Crippen LogP) is 4.12. The molecule has 0 aromatic rings. The summed E-state index contributed by atoms with van der Waals surface area (Å²) in [7, 11) is 0. The molecule has 0 N–H and O–H groups in total. The molecular weight excluding hydrogens is 224 g/mol. The Hall–Kier alpha value is -0.500. The van der Waals surface area contributed by atoms with Crippen molar-refractivity contribution in [2.24, 2.45) is 22.7 Å². The van der Waals surface area contributed by atoms with E-state index < -0.39 is 0 Å². The first-order valence-corrected chi connectivity index (χ1v) is 7.26. The molecule has 4 bridgehead atoms. The largest absolute Gasteiger partial charge is 0.476 e. The highest BCUT2D eigenvalue weighted by Gasteiger charge is 2.63. The maximum absolute atomic E-state index is 6.14. The molecular formula is C16H26O2. The molecule has 0 aliphatic heterocycles. The molecule has 2 nitrogen and oxygen atoms in total. The van der Waals surface area contributed by atoms with Crippen LogP contribution in [0.15, 0.2) is 12.8 Å². The molecule has 4 aliphatic carbocycles. The van der Waals surface area contributed by atoms with Gasteiger partial charge in [0.1, 0.15) is 0 Å². The fourth-order valence-corrected chi connectivity index (χ4v) is 5.60. The normalized spacial score (nSPS) is 53.5. The molecule has 0 saturated heterocycles. The molecule has 0 heterocycles. The molecule has 0 radical (unpaired) electrons. The number of hydrogen-bond donors (Lipinski definition) is 0. The van der Waals surface area contributed by atoms with Crippen LogP contribution in [0.5, 0.6) is 0 Å². The zero-order valence-electron chi connectivity index (χ0n) is 12.0. The third kappa shape index (κ3) is 1.72. The summed E-state index contributed by atoms with van der Waals surface area (Å²) in [6, 6.07) is 0. The van der Waals surface area contributed by atoms with Crippen molar-refractivity contribution in [2.45, 2.75) is 58.5 Å². The van der Waals surface area contributed by atoms with E-state index in [0.29, 0.717) is 29.5 Å². The second-order valence-electron chi connectivity index (χ2n) is 7.79. The van der Waals surface area contributed by atoms with Crippen LogP contribution in [0.2, 0.25) is 0 Å². The van der Waals surface area contributed by atoms with Crippen molar-refractivity contribution in [2.75, 3.05) is 6.79 Å². The quantitative estimate of drug-likeness (QED) is 0.424. The molecule has 0 atom stereocenters. The SMILES string of the molecule is C=COCOC1(C)C2CC3(C)CC1CC(C)(C2)C3. The van der Waals surface area contributed by atoms with Crippen molar-refractivity contribution in [1.29, 1.82) is 0 Å². The maximum Gasteiger partial charge on any atom is 0.188 e. The average Bonchev–Trinajstić information content (AvgIpc) is 2.23. The second-order valence-corrected chi connectivity index (χ2v) is 7.79. The van der Waals surface area contributed by atoms with E-state index in [1.807, 2.05) is 0 Å². The van der Waals surface area contributed by atoms with E-state index in [-0.39, 0.29) is 5.60 Å². The molecule has 4 rings (SSSR count). The molecule has 102 valence electrons. The van der Waals surface area contributed by atoms with Gasteiger partial charge in [0.25, 0.3) is 0 Å². The third-order valence-electron chi connectivity index (χ3n) is 5.99. The van der Waals surface area contributed by atoms with Gasteiger partial charge in [-0.3, -0.25) is 0 Å². The summed E-state index contributed by atoms with van der Waals surface area (Å²) in [5, 5.41) is 0. The minimum atomic E-state index is 0.0302. The average molecular weight is 250 g/mol. The summed E-state index contributed by atoms with van der Waals surface area (Å²) >= 11 is 0. The smallest absolute Gasteiger partial charge is 0.188 e. The number of hydrogen-bond acceptors (Lipinski definition) is 2. The summed E-state index contributed by atoms with van der Waals surface area (Å²) in [5.74, 6) is 1.42. The van der Waals surface area contributed by atoms with Gasteiger partial charge in [0.15, 0.2) is 6.79 Å². The molecule has 0 spiro atoms. The van der Waals surface area contributed by atoms with Crippen molar-refractivity contribution in [3.63, 3.8) is 0 Å². The zero-order valence-corrected chi connectivity index (χ0v) is 12.0. The topological polar surface area (TPSA) is 18.5 Å². The van der Waals surface area contributed by atoms with Crippen LogP contribution in [0.4, 0.5) is 0 Å². The van der Waals surface area contributed by atoms with Gasteiger partial charge in [0, 0.05) is 0 Å². The van der Waals surface area contributed by atoms with Crippen LogP contribution in [0.25, 0.3) is 0 Å². The van der Waals surface area contributed by atoms with Gasteiger partial charge in [0.2, 0.25) is 0 Å². The lowest BCUT2D eigenvalue weighted by Gasteiger charge is -2.66. The lowest BCUT2D eigenvalue weighted by Crippen LogP contribution is -2.63. The molecule has 4 fully saturated rings. The van der Waals surface area contributed by atoms with Gasteiger partial charge in [-0.15, -0.1) is 0 Å². The van der Waals surface area contributed by atoms with Gasteiger partial charge in [-0.05, 0) is 61.7 Å². The van der Waals surface area contributed by atoms with E-state index >= 15 is 0 Å². The lowest BCUT2D eigenvalue weighted by atomic mass is 9.41. The van der Waals surface area contributed by atoms with Crippen LogP contribution in [0, 0.1) is 22.7 Å². The zero-order chi connectivity index (χ0) is 13.0. The first kappa shape index (κ1) is 12.5. The van der Waals surface area contributed by atoms with Crippen molar-refractivity contribution in [3.05, 3.63) is 12.8 Å². The van der Waals surface area contributed by atoms with E-state index in [9.17, 15) is 0 Å². The van der Waals surface area contributed by atoms with Crippen molar-refractivity contribution < 1.29 is 9.47 Å². The fourth-order valence-electron chi connectivity index (χ4n) is 5.60. The Morgan fingerprint density at radius 3 is 2.00 bits per heavy atom. The Bertz CT molecular complexity index is 324. The van der Waals surface area contributed by atoms with E-state index in [1.54, 1.807) is 0 Å². The Balaban J connectivity index is 1.81. The number of rotatable bonds is 4. The lowest BCUT2D eigenvalue weighted by molar-refractivity contribution is -0.256. The van der Waals surface area contributed by atoms with Crippen LogP contribution >= 0.6 is 0 Å². The highest BCUT2D eigenvalue weighted by molar-refractivity contribution is 5.13. The van der Waals surface area contributed by atoms with Gasteiger partial charge >= 0.3 is 0 Å². The molecule has 0 aromatic carbocycles. The highest BCUT2D eigenvalue weighted by Crippen LogP contribution is 2.68. The van der Waals surface area contributed by atoms with Crippen molar-refractivity contribution in [1.82, 2.24) is 0 Å². The standard InChI is InChI=1S/C16H26O2/c1-5-17-11-18-16(4)12-6-14(2)7-13(16)9-15(3,8-12)10-14/h5,12-13H,1,6-11H2,2-4H3. The van der Waals surface area contributed by atoms with E-state index in [1.165, 1.54) is 38.4 Å². The van der Waals surface area contributed by atoms with Gasteiger partial charge < -0.3 is 9.47 Å². The van der Waals surface area contributed by atoms with Gasteiger partial charge in [-0.25, -0.2) is 0 Å². The Labute approximate surface area is 111 Å². The van der Waals surface area contributed by atoms with E-state index in [2.05, 4.69) is 27.4 Å². The molecule has 2 heteroatoms. The third-order valence-corrected chi connectivity index (χ3v) is 5.99. The summed E-state index contributed by atoms with van der Waals surface area (Å²) in [4.78, 5) is 0. The first-order chi connectivity index (χ1) is 8.39. The fraction of sp³-hybridized carbons (Fsp3) is 0.875. The monoisotopic (exact) mass is 250 g/mol. The van der Waals surface area contributed by atoms with Gasteiger partial charge in [-0.1, -0.05) is 20.4 Å². The van der Waals surface area contributed by atoms with E-state index in [0.717, 1.165) is 0 Å². The van der Waals surface area contributed by atoms with Crippen LogP contribution in [0.3, 0.4) is 0 Å². The maximum atomic E-state index is 6.14. The summed E-state index contributed by atoms with van der Waals surface area (Å²) < 4.78 is 11.3. The second kappa shape index (κ2) is 3.75. The predicted molar refractivity (Wildman–Crippen MR) is 71.9 cm³/mol. The van der Waals surface area contributed by atoms with Crippen LogP contribution in [0.1, 0.15) is 52.9 Å². The summed E-state index contributed by atoms with van der Waals surface area (Å²) in [6.07, 6.45) is 8.25. The van der Waals surface area contributed by atoms with Crippen molar-refractivity contribution >= 4 is 0 Å². The Morgan fingerprint density at radius 1 is 1.06 bits per heavy atom. The highest BCUT2D eigenvalue weighted by atomic mass is 16.7. The van der Waals surface area contributed by atoms with E-state index in [4.69, 9.17) is 9.47 Å². The molecule has 4 aliphatic rings. The van der Waals surface area contributed by atoms with Crippen molar-refractivity contribution in [3.8, 4) is 0 Å². The molecule has 18 heavy (non-hydrogen) atoms. The Morgan fingerprint density at radius 2 is 1.56 bits per heavy atom. The summed E-state index contributed by atoms with van der Waals surface area (Å²) in [6.45, 7) is 11.2. The molecule has 0 amide bonds. The Kier molecular flexibility index (Phi) is 2.61. The minimum absolute atomic E-state index is 0.0302. The molecule has 0 unspecified atom stereocenters. The van der Waals surface area contributed by atoms with Gasteiger partial charge in [0.05, 0.1) is 11.9 Å². The van der Waals surface area contributed by atoms with Gasteiger partial charge in [-0.2, -0.15) is 0 Å². The first-order valence-electron chi connectivity index (χ1n) is 7.26.